The summed E-state index contributed by atoms with van der Waals surface area (Å²) in [6.45, 7) is 9.05. The number of ether oxygens (including phenoxy) is 2. The van der Waals surface area contributed by atoms with Crippen molar-refractivity contribution in [3.8, 4) is 5.75 Å². The Labute approximate surface area is 190 Å². The number of methoxy groups -OCH3 is 1. The van der Waals surface area contributed by atoms with Gasteiger partial charge in [0, 0.05) is 25.2 Å². The number of hydrogen-bond donors (Lipinski definition) is 0. The lowest BCUT2D eigenvalue weighted by Crippen LogP contribution is -2.23. The molecule has 0 saturated carbocycles. The maximum Gasteiger partial charge on any atom is 0.310 e. The number of aromatic nitrogens is 1. The van der Waals surface area contributed by atoms with Crippen molar-refractivity contribution in [1.82, 2.24) is 4.57 Å². The summed E-state index contributed by atoms with van der Waals surface area (Å²) < 4.78 is 12.5. The Morgan fingerprint density at radius 1 is 1.06 bits per heavy atom. The highest BCUT2D eigenvalue weighted by Gasteiger charge is 2.21. The van der Waals surface area contributed by atoms with Crippen molar-refractivity contribution in [3.63, 3.8) is 0 Å². The molecule has 0 unspecified atom stereocenters. The van der Waals surface area contributed by atoms with Crippen LogP contribution in [-0.4, -0.2) is 38.2 Å². The SMILES string of the molecule is COc1ccc2c(c1)c(CC(=O)OCC[Si](C)(C)C)c(C)n2C(=O)C=Cc1ccccc1. The quantitative estimate of drug-likeness (QED) is 0.250. The molecule has 0 N–H and O–H groups in total. The van der Waals surface area contributed by atoms with Crippen LogP contribution in [0.15, 0.2) is 54.6 Å². The van der Waals surface area contributed by atoms with Crippen molar-refractivity contribution in [2.45, 2.75) is 39.0 Å². The van der Waals surface area contributed by atoms with E-state index in [4.69, 9.17) is 9.47 Å². The van der Waals surface area contributed by atoms with Gasteiger partial charge in [0.1, 0.15) is 5.75 Å². The number of allylic oxidation sites excluding steroid dienone is 1. The summed E-state index contributed by atoms with van der Waals surface area (Å²) >= 11 is 0. The molecule has 168 valence electrons. The normalized spacial score (nSPS) is 11.8. The van der Waals surface area contributed by atoms with Crippen molar-refractivity contribution in [1.29, 1.82) is 0 Å². The molecule has 3 aromatic rings. The first-order valence-electron chi connectivity index (χ1n) is 10.8. The topological polar surface area (TPSA) is 57.5 Å². The average molecular weight is 450 g/mol. The molecule has 3 rings (SSSR count). The Kier molecular flexibility index (Phi) is 7.35. The molecule has 32 heavy (non-hydrogen) atoms. The third-order valence-electron chi connectivity index (χ3n) is 5.42. The fourth-order valence-corrected chi connectivity index (χ4v) is 4.28. The van der Waals surface area contributed by atoms with E-state index in [1.165, 1.54) is 0 Å². The number of benzene rings is 2. The summed E-state index contributed by atoms with van der Waals surface area (Å²) in [5.74, 6) is 0.232. The lowest BCUT2D eigenvalue weighted by atomic mass is 10.1. The van der Waals surface area contributed by atoms with Gasteiger partial charge in [0.25, 0.3) is 5.91 Å². The van der Waals surface area contributed by atoms with Crippen LogP contribution in [0.25, 0.3) is 17.0 Å². The van der Waals surface area contributed by atoms with Crippen LogP contribution in [0.1, 0.15) is 21.6 Å². The lowest BCUT2D eigenvalue weighted by molar-refractivity contribution is -0.142. The van der Waals surface area contributed by atoms with Crippen LogP contribution in [0.5, 0.6) is 5.75 Å². The van der Waals surface area contributed by atoms with Crippen molar-refractivity contribution in [2.75, 3.05) is 13.7 Å². The molecule has 0 radical (unpaired) electrons. The molecule has 1 heterocycles. The van der Waals surface area contributed by atoms with E-state index in [2.05, 4.69) is 19.6 Å². The molecule has 5 nitrogen and oxygen atoms in total. The van der Waals surface area contributed by atoms with Gasteiger partial charge >= 0.3 is 5.97 Å². The van der Waals surface area contributed by atoms with Crippen LogP contribution in [-0.2, 0) is 16.0 Å². The summed E-state index contributed by atoms with van der Waals surface area (Å²) in [4.78, 5) is 25.7. The summed E-state index contributed by atoms with van der Waals surface area (Å²) in [7, 11) is 0.319. The molecule has 6 heteroatoms. The highest BCUT2D eigenvalue weighted by molar-refractivity contribution is 6.76. The average Bonchev–Trinajstić information content (AvgIpc) is 3.02. The van der Waals surface area contributed by atoms with Gasteiger partial charge in [-0.3, -0.25) is 14.2 Å². The summed E-state index contributed by atoms with van der Waals surface area (Å²) in [6.07, 6.45) is 3.47. The van der Waals surface area contributed by atoms with Gasteiger partial charge < -0.3 is 9.47 Å². The van der Waals surface area contributed by atoms with Gasteiger partial charge in [0.2, 0.25) is 0 Å². The standard InChI is InChI=1S/C26H31NO4Si/c1-19-22(18-26(29)31-15-16-32(3,4)5)23-17-21(30-2)12-13-24(23)27(19)25(28)14-11-20-9-7-6-8-10-20/h6-14,17H,15-16,18H2,1-5H3. The van der Waals surface area contributed by atoms with Crippen LogP contribution in [0.2, 0.25) is 25.7 Å². The fraction of sp³-hybridized carbons (Fsp3) is 0.308. The minimum atomic E-state index is -1.28. The van der Waals surface area contributed by atoms with Crippen LogP contribution in [0.4, 0.5) is 0 Å². The first kappa shape index (κ1) is 23.5. The zero-order valence-electron chi connectivity index (χ0n) is 19.5. The van der Waals surface area contributed by atoms with E-state index in [0.29, 0.717) is 12.4 Å². The Morgan fingerprint density at radius 2 is 1.78 bits per heavy atom. The van der Waals surface area contributed by atoms with Gasteiger partial charge in [0.05, 0.1) is 25.7 Å². The predicted molar refractivity (Wildman–Crippen MR) is 132 cm³/mol. The molecular formula is C26H31NO4Si. The number of carbonyl (C=O) groups is 2. The first-order valence-corrected chi connectivity index (χ1v) is 14.5. The molecular weight excluding hydrogens is 418 g/mol. The van der Waals surface area contributed by atoms with Crippen LogP contribution in [0, 0.1) is 6.92 Å². The second-order valence-corrected chi connectivity index (χ2v) is 14.7. The number of hydrogen-bond acceptors (Lipinski definition) is 4. The second kappa shape index (κ2) is 10.00. The molecule has 0 atom stereocenters. The van der Waals surface area contributed by atoms with Crippen molar-refractivity contribution in [2.24, 2.45) is 0 Å². The fourth-order valence-electron chi connectivity index (χ4n) is 3.57. The lowest BCUT2D eigenvalue weighted by Gasteiger charge is -2.15. The van der Waals surface area contributed by atoms with Gasteiger partial charge in [0.15, 0.2) is 0 Å². The Hall–Kier alpha value is -3.12. The van der Waals surface area contributed by atoms with Crippen LogP contribution < -0.4 is 4.74 Å². The van der Waals surface area contributed by atoms with E-state index >= 15 is 0 Å². The predicted octanol–water partition coefficient (Wildman–Crippen LogP) is 5.74. The summed E-state index contributed by atoms with van der Waals surface area (Å²) in [6, 6.07) is 16.2. The van der Waals surface area contributed by atoms with E-state index in [1.54, 1.807) is 23.8 Å². The molecule has 0 aliphatic rings. The van der Waals surface area contributed by atoms with E-state index in [9.17, 15) is 9.59 Å². The third-order valence-corrected chi connectivity index (χ3v) is 7.12. The number of nitrogens with zero attached hydrogens (tertiary/aromatic N) is 1. The first-order chi connectivity index (χ1) is 15.2. The highest BCUT2D eigenvalue weighted by atomic mass is 28.3. The maximum absolute atomic E-state index is 13.1. The van der Waals surface area contributed by atoms with Gasteiger partial charge in [-0.1, -0.05) is 50.0 Å². The van der Waals surface area contributed by atoms with Crippen LogP contribution >= 0.6 is 0 Å². The number of carbonyl (C=O) groups excluding carboxylic acids is 2. The van der Waals surface area contributed by atoms with Gasteiger partial charge in [-0.2, -0.15) is 0 Å². The van der Waals surface area contributed by atoms with Crippen LogP contribution in [0.3, 0.4) is 0 Å². The van der Waals surface area contributed by atoms with E-state index in [-0.39, 0.29) is 18.3 Å². The molecule has 0 fully saturated rings. The minimum Gasteiger partial charge on any atom is -0.497 e. The Morgan fingerprint density at radius 3 is 2.44 bits per heavy atom. The van der Waals surface area contributed by atoms with Gasteiger partial charge in [-0.25, -0.2) is 0 Å². The zero-order chi connectivity index (χ0) is 23.3. The number of rotatable bonds is 8. The number of esters is 1. The van der Waals surface area contributed by atoms with Crippen molar-refractivity contribution >= 4 is 36.9 Å². The third kappa shape index (κ3) is 5.76. The monoisotopic (exact) mass is 449 g/mol. The molecule has 0 aliphatic heterocycles. The summed E-state index contributed by atoms with van der Waals surface area (Å²) in [5, 5.41) is 0.824. The number of fused-ring (bicyclic) bond motifs is 1. The Balaban J connectivity index is 1.92. The largest absolute Gasteiger partial charge is 0.497 e. The smallest absolute Gasteiger partial charge is 0.310 e. The highest BCUT2D eigenvalue weighted by Crippen LogP contribution is 2.30. The van der Waals surface area contributed by atoms with Gasteiger partial charge in [-0.15, -0.1) is 0 Å². The second-order valence-electron chi connectivity index (χ2n) is 9.07. The molecule has 0 aliphatic carbocycles. The minimum absolute atomic E-state index is 0.115. The Bertz CT molecular complexity index is 1140. The molecule has 2 aromatic carbocycles. The zero-order valence-corrected chi connectivity index (χ0v) is 20.5. The molecule has 1 aromatic heterocycles. The maximum atomic E-state index is 13.1. The molecule has 0 spiro atoms. The molecule has 0 saturated heterocycles. The van der Waals surface area contributed by atoms with Gasteiger partial charge in [-0.05, 0) is 48.4 Å². The summed E-state index contributed by atoms with van der Waals surface area (Å²) in [5.41, 5.74) is 3.22. The van der Waals surface area contributed by atoms with Crippen molar-refractivity contribution in [3.05, 3.63) is 71.4 Å². The van der Waals surface area contributed by atoms with E-state index in [1.807, 2.05) is 55.5 Å². The molecule has 0 amide bonds. The van der Waals surface area contributed by atoms with E-state index < -0.39 is 8.07 Å². The molecule has 0 bridgehead atoms. The van der Waals surface area contributed by atoms with E-state index in [0.717, 1.165) is 33.8 Å². The van der Waals surface area contributed by atoms with Crippen molar-refractivity contribution < 1.29 is 19.1 Å².